The molecule has 1 unspecified atom stereocenters. The lowest BCUT2D eigenvalue weighted by Crippen LogP contribution is -2.41. The molecule has 0 saturated heterocycles. The zero-order valence-corrected chi connectivity index (χ0v) is 7.32. The normalized spacial score (nSPS) is 11.8. The van der Waals surface area contributed by atoms with Crippen LogP contribution < -0.4 is 16.6 Å². The topological polar surface area (TPSA) is 80.0 Å². The number of rotatable bonds is 3. The molecular weight excluding hydrogens is 168 g/mol. The number of hydrazine groups is 1. The third-order valence-corrected chi connectivity index (χ3v) is 1.58. The van der Waals surface area contributed by atoms with Gasteiger partial charge in [0.05, 0.1) is 5.69 Å². The third-order valence-electron chi connectivity index (χ3n) is 1.58. The van der Waals surface area contributed by atoms with Crippen LogP contribution in [0.1, 0.15) is 6.92 Å². The van der Waals surface area contributed by atoms with Crippen molar-refractivity contribution in [2.24, 2.45) is 5.84 Å². The van der Waals surface area contributed by atoms with Crippen LogP contribution in [0, 0.1) is 0 Å². The van der Waals surface area contributed by atoms with E-state index in [-0.39, 0.29) is 11.9 Å². The maximum Gasteiger partial charge on any atom is 0.256 e. The van der Waals surface area contributed by atoms with E-state index in [9.17, 15) is 4.79 Å². The first-order chi connectivity index (χ1) is 6.24. The highest BCUT2D eigenvalue weighted by atomic mass is 16.2. The van der Waals surface area contributed by atoms with Gasteiger partial charge >= 0.3 is 0 Å². The Labute approximate surface area is 76.3 Å². The summed E-state index contributed by atoms with van der Waals surface area (Å²) in [6.07, 6.45) is 3.30. The van der Waals surface area contributed by atoms with Crippen molar-refractivity contribution in [1.29, 1.82) is 0 Å². The molecule has 0 aliphatic rings. The van der Waals surface area contributed by atoms with Gasteiger partial charge in [0.2, 0.25) is 0 Å². The summed E-state index contributed by atoms with van der Waals surface area (Å²) in [6, 6.07) is 3.25. The van der Waals surface area contributed by atoms with Crippen molar-refractivity contribution in [2.75, 3.05) is 5.32 Å². The predicted molar refractivity (Wildman–Crippen MR) is 49.7 cm³/mol. The maximum atomic E-state index is 11.0. The van der Waals surface area contributed by atoms with Crippen LogP contribution in [0.3, 0.4) is 0 Å². The molecule has 1 amide bonds. The van der Waals surface area contributed by atoms with Gasteiger partial charge in [-0.15, -0.1) is 0 Å². The fourth-order valence-electron chi connectivity index (χ4n) is 0.889. The zero-order valence-electron chi connectivity index (χ0n) is 7.32. The molecule has 5 nitrogen and oxygen atoms in total. The number of nitrogens with zero attached hydrogens (tertiary/aromatic N) is 1. The number of carbonyl (C=O) groups is 1. The maximum absolute atomic E-state index is 11.0. The Bertz CT molecular complexity index is 275. The van der Waals surface area contributed by atoms with E-state index in [0.717, 1.165) is 5.69 Å². The number of carbonyl (C=O) groups excluding carboxylic acids is 1. The smallest absolute Gasteiger partial charge is 0.256 e. The van der Waals surface area contributed by atoms with Gasteiger partial charge in [0.15, 0.2) is 0 Å². The summed E-state index contributed by atoms with van der Waals surface area (Å²) in [6.45, 7) is 1.72. The predicted octanol–water partition coefficient (Wildman–Crippen LogP) is -0.128. The lowest BCUT2D eigenvalue weighted by Gasteiger charge is -2.12. The molecule has 1 rings (SSSR count). The quantitative estimate of drug-likeness (QED) is 0.344. The molecule has 0 radical (unpaired) electrons. The van der Waals surface area contributed by atoms with E-state index in [2.05, 4.69) is 15.7 Å². The molecule has 0 saturated carbocycles. The van der Waals surface area contributed by atoms with E-state index in [1.807, 2.05) is 6.07 Å². The van der Waals surface area contributed by atoms with Gasteiger partial charge in [0.1, 0.15) is 6.04 Å². The summed E-state index contributed by atoms with van der Waals surface area (Å²) in [5, 5.41) is 2.94. The Hall–Kier alpha value is -1.62. The molecule has 1 heterocycles. The lowest BCUT2D eigenvalue weighted by atomic mass is 10.3. The Morgan fingerprint density at radius 2 is 2.46 bits per heavy atom. The second-order valence-electron chi connectivity index (χ2n) is 2.62. The molecular formula is C8H12N4O. The zero-order chi connectivity index (χ0) is 9.68. The number of anilines is 1. The summed E-state index contributed by atoms with van der Waals surface area (Å²) < 4.78 is 0. The molecule has 13 heavy (non-hydrogen) atoms. The number of hydrogen-bond acceptors (Lipinski definition) is 4. The van der Waals surface area contributed by atoms with Gasteiger partial charge < -0.3 is 5.32 Å². The van der Waals surface area contributed by atoms with Crippen molar-refractivity contribution in [1.82, 2.24) is 10.4 Å². The number of aromatic nitrogens is 1. The van der Waals surface area contributed by atoms with Crippen LogP contribution in [0.2, 0.25) is 0 Å². The molecule has 1 aromatic rings. The number of nitrogens with two attached hydrogens (primary N) is 1. The van der Waals surface area contributed by atoms with Crippen LogP contribution in [-0.2, 0) is 4.79 Å². The largest absolute Gasteiger partial charge is 0.373 e. The second-order valence-corrected chi connectivity index (χ2v) is 2.62. The molecule has 0 spiro atoms. The van der Waals surface area contributed by atoms with Crippen LogP contribution in [0.5, 0.6) is 0 Å². The van der Waals surface area contributed by atoms with Crippen LogP contribution in [-0.4, -0.2) is 16.9 Å². The van der Waals surface area contributed by atoms with Crippen molar-refractivity contribution in [3.05, 3.63) is 24.5 Å². The van der Waals surface area contributed by atoms with Crippen LogP contribution in [0.15, 0.2) is 24.5 Å². The van der Waals surface area contributed by atoms with Gasteiger partial charge in [0, 0.05) is 12.4 Å². The summed E-state index contributed by atoms with van der Waals surface area (Å²) in [5.41, 5.74) is 2.85. The van der Waals surface area contributed by atoms with E-state index in [1.165, 1.54) is 0 Å². The fraction of sp³-hybridized carbons (Fsp3) is 0.250. The van der Waals surface area contributed by atoms with E-state index in [1.54, 1.807) is 25.4 Å². The standard InChI is InChI=1S/C8H12N4O/c1-6(8(13)12-9)11-7-3-2-4-10-5-7/h2-6,11H,9H2,1H3,(H,12,13). The van der Waals surface area contributed by atoms with Crippen molar-refractivity contribution >= 4 is 11.6 Å². The number of pyridine rings is 1. The first kappa shape index (κ1) is 9.47. The van der Waals surface area contributed by atoms with Gasteiger partial charge in [-0.25, -0.2) is 5.84 Å². The second kappa shape index (κ2) is 4.42. The Morgan fingerprint density at radius 3 is 3.00 bits per heavy atom. The van der Waals surface area contributed by atoms with E-state index in [0.29, 0.717) is 0 Å². The Morgan fingerprint density at radius 1 is 1.69 bits per heavy atom. The highest BCUT2D eigenvalue weighted by molar-refractivity contribution is 5.83. The summed E-state index contributed by atoms with van der Waals surface area (Å²) >= 11 is 0. The third kappa shape index (κ3) is 2.72. The molecule has 4 N–H and O–H groups in total. The van der Waals surface area contributed by atoms with Gasteiger partial charge in [-0.05, 0) is 19.1 Å². The molecule has 70 valence electrons. The van der Waals surface area contributed by atoms with Crippen LogP contribution >= 0.6 is 0 Å². The molecule has 0 bridgehead atoms. The van der Waals surface area contributed by atoms with Gasteiger partial charge in [-0.3, -0.25) is 15.2 Å². The first-order valence-corrected chi connectivity index (χ1v) is 3.91. The van der Waals surface area contributed by atoms with Crippen molar-refractivity contribution in [2.45, 2.75) is 13.0 Å². The molecule has 1 atom stereocenters. The summed E-state index contributed by atoms with van der Waals surface area (Å²) in [4.78, 5) is 14.9. The average molecular weight is 180 g/mol. The minimum Gasteiger partial charge on any atom is -0.373 e. The first-order valence-electron chi connectivity index (χ1n) is 3.91. The minimum absolute atomic E-state index is 0.260. The fourth-order valence-corrected chi connectivity index (χ4v) is 0.889. The van der Waals surface area contributed by atoms with Crippen LogP contribution in [0.4, 0.5) is 5.69 Å². The van der Waals surface area contributed by atoms with Gasteiger partial charge in [-0.2, -0.15) is 0 Å². The number of amides is 1. The molecule has 0 aliphatic heterocycles. The Kier molecular flexibility index (Phi) is 3.22. The lowest BCUT2D eigenvalue weighted by molar-refractivity contribution is -0.121. The molecule has 0 aromatic carbocycles. The highest BCUT2D eigenvalue weighted by Crippen LogP contribution is 2.04. The van der Waals surface area contributed by atoms with E-state index >= 15 is 0 Å². The van der Waals surface area contributed by atoms with Gasteiger partial charge in [0.25, 0.3) is 5.91 Å². The molecule has 0 aliphatic carbocycles. The SMILES string of the molecule is CC(Nc1cccnc1)C(=O)NN. The van der Waals surface area contributed by atoms with Crippen LogP contribution in [0.25, 0.3) is 0 Å². The van der Waals surface area contributed by atoms with E-state index in [4.69, 9.17) is 5.84 Å². The van der Waals surface area contributed by atoms with Gasteiger partial charge in [-0.1, -0.05) is 0 Å². The molecule has 1 aromatic heterocycles. The van der Waals surface area contributed by atoms with E-state index < -0.39 is 0 Å². The Balaban J connectivity index is 2.55. The highest BCUT2D eigenvalue weighted by Gasteiger charge is 2.09. The van der Waals surface area contributed by atoms with Crippen molar-refractivity contribution < 1.29 is 4.79 Å². The molecule has 5 heteroatoms. The number of nitrogens with one attached hydrogen (secondary N) is 2. The average Bonchev–Trinajstić information content (AvgIpc) is 2.18. The summed E-state index contributed by atoms with van der Waals surface area (Å²) in [7, 11) is 0. The molecule has 0 fully saturated rings. The summed E-state index contributed by atoms with van der Waals surface area (Å²) in [5.74, 6) is 4.71. The monoisotopic (exact) mass is 180 g/mol. The minimum atomic E-state index is -0.366. The van der Waals surface area contributed by atoms with Crippen molar-refractivity contribution in [3.8, 4) is 0 Å². The van der Waals surface area contributed by atoms with Crippen molar-refractivity contribution in [3.63, 3.8) is 0 Å². The number of hydrogen-bond donors (Lipinski definition) is 3.